The molecule has 0 spiro atoms. The zero-order valence-corrected chi connectivity index (χ0v) is 15.0. The van der Waals surface area contributed by atoms with Gasteiger partial charge in [0.15, 0.2) is 0 Å². The maximum absolute atomic E-state index is 13.4. The van der Waals surface area contributed by atoms with E-state index in [1.165, 1.54) is 24.3 Å². The molecule has 1 fully saturated rings. The summed E-state index contributed by atoms with van der Waals surface area (Å²) in [5, 5.41) is 0. The van der Waals surface area contributed by atoms with Gasteiger partial charge in [-0.15, -0.1) is 0 Å². The molecule has 0 aliphatic heterocycles. The van der Waals surface area contributed by atoms with Gasteiger partial charge in [-0.05, 0) is 90.6 Å². The number of benzene rings is 2. The van der Waals surface area contributed by atoms with Gasteiger partial charge in [0.05, 0.1) is 0 Å². The van der Waals surface area contributed by atoms with Crippen molar-refractivity contribution in [3.8, 4) is 22.5 Å². The fourth-order valence-electron chi connectivity index (χ4n) is 3.99. The number of aromatic amines is 1. The summed E-state index contributed by atoms with van der Waals surface area (Å²) in [7, 11) is 0. The molecule has 2 aromatic carbocycles. The molecule has 3 N–H and O–H groups in total. The fraction of sp³-hybridized carbons (Fsp3) is 0.227. The molecule has 0 atom stereocenters. The van der Waals surface area contributed by atoms with E-state index in [0.717, 1.165) is 46.5 Å². The van der Waals surface area contributed by atoms with Crippen molar-refractivity contribution in [2.45, 2.75) is 31.6 Å². The molecule has 5 heteroatoms. The Hall–Kier alpha value is -2.95. The molecule has 1 aliphatic rings. The normalized spacial score (nSPS) is 14.9. The van der Waals surface area contributed by atoms with Crippen LogP contribution in [0.1, 0.15) is 30.4 Å². The van der Waals surface area contributed by atoms with Gasteiger partial charge in [0.2, 0.25) is 5.91 Å². The van der Waals surface area contributed by atoms with Crippen molar-refractivity contribution >= 4 is 5.91 Å². The Morgan fingerprint density at radius 3 is 1.89 bits per heavy atom. The van der Waals surface area contributed by atoms with Crippen molar-refractivity contribution in [3.05, 3.63) is 71.3 Å². The van der Waals surface area contributed by atoms with Crippen molar-refractivity contribution in [3.63, 3.8) is 0 Å². The molecule has 0 saturated heterocycles. The van der Waals surface area contributed by atoms with Crippen LogP contribution in [-0.4, -0.2) is 10.9 Å². The summed E-state index contributed by atoms with van der Waals surface area (Å²) < 4.78 is 26.7. The lowest BCUT2D eigenvalue weighted by Gasteiger charge is -2.16. The zero-order valence-electron chi connectivity index (χ0n) is 15.0. The van der Waals surface area contributed by atoms with Gasteiger partial charge in [0.1, 0.15) is 11.6 Å². The first kappa shape index (κ1) is 17.5. The number of nitrogens with one attached hydrogen (secondary N) is 1. The van der Waals surface area contributed by atoms with Gasteiger partial charge in [-0.3, -0.25) is 4.79 Å². The van der Waals surface area contributed by atoms with Crippen LogP contribution in [0.2, 0.25) is 0 Å². The van der Waals surface area contributed by atoms with E-state index in [4.69, 9.17) is 5.73 Å². The number of amides is 1. The minimum Gasteiger partial charge on any atom is -0.370 e. The first-order valence-electron chi connectivity index (χ1n) is 8.93. The number of hydrogen-bond acceptors (Lipinski definition) is 1. The summed E-state index contributed by atoms with van der Waals surface area (Å²) >= 11 is 0. The van der Waals surface area contributed by atoms with E-state index in [2.05, 4.69) is 4.98 Å². The molecule has 3 aromatic rings. The molecule has 1 saturated carbocycles. The van der Waals surface area contributed by atoms with Crippen molar-refractivity contribution in [2.75, 3.05) is 0 Å². The van der Waals surface area contributed by atoms with E-state index < -0.39 is 0 Å². The highest BCUT2D eigenvalue weighted by Gasteiger charge is 2.48. The molecule has 27 heavy (non-hydrogen) atoms. The third kappa shape index (κ3) is 3.14. The van der Waals surface area contributed by atoms with E-state index >= 15 is 0 Å². The molecule has 0 radical (unpaired) electrons. The van der Waals surface area contributed by atoms with Gasteiger partial charge in [-0.2, -0.15) is 0 Å². The van der Waals surface area contributed by atoms with Crippen LogP contribution in [0, 0.1) is 18.6 Å². The van der Waals surface area contributed by atoms with Crippen LogP contribution in [0.5, 0.6) is 0 Å². The van der Waals surface area contributed by atoms with Crippen LogP contribution in [0.15, 0.2) is 48.5 Å². The quantitative estimate of drug-likeness (QED) is 0.667. The number of primary amides is 1. The van der Waals surface area contributed by atoms with E-state index in [-0.39, 0.29) is 29.4 Å². The van der Waals surface area contributed by atoms with Crippen molar-refractivity contribution in [1.29, 1.82) is 0 Å². The second-order valence-electron chi connectivity index (χ2n) is 7.31. The van der Waals surface area contributed by atoms with E-state index in [1.54, 1.807) is 24.3 Å². The highest BCUT2D eigenvalue weighted by molar-refractivity contribution is 5.81. The van der Waals surface area contributed by atoms with Gasteiger partial charge in [0, 0.05) is 23.2 Å². The summed E-state index contributed by atoms with van der Waals surface area (Å²) in [6, 6.07) is 12.6. The second kappa shape index (κ2) is 6.34. The van der Waals surface area contributed by atoms with Crippen LogP contribution in [-0.2, 0) is 10.2 Å². The van der Waals surface area contributed by atoms with E-state index in [1.807, 2.05) is 6.92 Å². The van der Waals surface area contributed by atoms with Crippen LogP contribution < -0.4 is 5.73 Å². The first-order chi connectivity index (χ1) is 12.9. The molecular weight excluding hydrogens is 346 g/mol. The van der Waals surface area contributed by atoms with Crippen LogP contribution >= 0.6 is 0 Å². The summed E-state index contributed by atoms with van der Waals surface area (Å²) in [5.41, 5.74) is 10.7. The van der Waals surface area contributed by atoms with Gasteiger partial charge in [-0.25, -0.2) is 8.78 Å². The lowest BCUT2D eigenvalue weighted by Crippen LogP contribution is -2.20. The minimum atomic E-state index is -0.332. The smallest absolute Gasteiger partial charge is 0.218 e. The Bertz CT molecular complexity index is 1000. The molecule has 138 valence electrons. The lowest BCUT2D eigenvalue weighted by molar-refractivity contribution is -0.118. The Morgan fingerprint density at radius 2 is 1.44 bits per heavy atom. The number of carbonyl (C=O) groups excluding carboxylic acids is 1. The molecule has 0 bridgehead atoms. The lowest BCUT2D eigenvalue weighted by atomic mass is 9.86. The molecule has 3 nitrogen and oxygen atoms in total. The van der Waals surface area contributed by atoms with E-state index in [0.29, 0.717) is 0 Å². The van der Waals surface area contributed by atoms with Crippen LogP contribution in [0.3, 0.4) is 0 Å². The first-order valence-corrected chi connectivity index (χ1v) is 8.93. The standard InChI is InChI=1S/C22H20F2N2O/c1-13-19(22(10-11-22)12-18(25)27)21(15-4-8-17(24)9-5-15)26-20(13)14-2-6-16(23)7-3-14/h2-9,26H,10-12H2,1H3,(H2,25,27). The third-order valence-electron chi connectivity index (χ3n) is 5.41. The maximum atomic E-state index is 13.4. The summed E-state index contributed by atoms with van der Waals surface area (Å²) in [6.07, 6.45) is 2.04. The summed E-state index contributed by atoms with van der Waals surface area (Å²) in [6.45, 7) is 2.00. The van der Waals surface area contributed by atoms with Crippen LogP contribution in [0.4, 0.5) is 8.78 Å². The SMILES string of the molecule is Cc1c(-c2ccc(F)cc2)[nH]c(-c2ccc(F)cc2)c1C1(CC(N)=O)CC1. The van der Waals surface area contributed by atoms with E-state index in [9.17, 15) is 13.6 Å². The molecular formula is C22H20F2N2O. The molecule has 4 rings (SSSR count). The Morgan fingerprint density at radius 1 is 0.963 bits per heavy atom. The maximum Gasteiger partial charge on any atom is 0.218 e. The minimum absolute atomic E-state index is 0.281. The second-order valence-corrected chi connectivity index (χ2v) is 7.31. The largest absolute Gasteiger partial charge is 0.370 e. The number of hydrogen-bond donors (Lipinski definition) is 2. The Labute approximate surface area is 156 Å². The van der Waals surface area contributed by atoms with Gasteiger partial charge in [0.25, 0.3) is 0 Å². The van der Waals surface area contributed by atoms with Gasteiger partial charge >= 0.3 is 0 Å². The Balaban J connectivity index is 1.91. The number of nitrogens with two attached hydrogens (primary N) is 1. The van der Waals surface area contributed by atoms with Crippen molar-refractivity contribution in [1.82, 2.24) is 4.98 Å². The highest BCUT2D eigenvalue weighted by Crippen LogP contribution is 2.56. The molecule has 0 unspecified atom stereocenters. The predicted molar refractivity (Wildman–Crippen MR) is 101 cm³/mol. The Kier molecular flexibility index (Phi) is 4.10. The van der Waals surface area contributed by atoms with Gasteiger partial charge < -0.3 is 10.7 Å². The predicted octanol–water partition coefficient (Wildman–Crippen LogP) is 4.84. The number of H-pyrrole nitrogens is 1. The number of halogens is 2. The van der Waals surface area contributed by atoms with Crippen molar-refractivity contribution < 1.29 is 13.6 Å². The van der Waals surface area contributed by atoms with Gasteiger partial charge in [-0.1, -0.05) is 0 Å². The number of carbonyl (C=O) groups is 1. The average molecular weight is 366 g/mol. The average Bonchev–Trinajstić information content (AvgIpc) is 3.30. The molecule has 1 aromatic heterocycles. The van der Waals surface area contributed by atoms with Crippen LogP contribution in [0.25, 0.3) is 22.5 Å². The summed E-state index contributed by atoms with van der Waals surface area (Å²) in [4.78, 5) is 15.1. The topological polar surface area (TPSA) is 58.9 Å². The number of aromatic nitrogens is 1. The van der Waals surface area contributed by atoms with Crippen molar-refractivity contribution in [2.24, 2.45) is 5.73 Å². The monoisotopic (exact) mass is 366 g/mol. The summed E-state index contributed by atoms with van der Waals surface area (Å²) in [5.74, 6) is -0.934. The number of rotatable bonds is 5. The fourth-order valence-corrected chi connectivity index (χ4v) is 3.99. The molecule has 1 heterocycles. The molecule has 1 amide bonds. The molecule has 1 aliphatic carbocycles. The zero-order chi connectivity index (χ0) is 19.2. The third-order valence-corrected chi connectivity index (χ3v) is 5.41. The highest BCUT2D eigenvalue weighted by atomic mass is 19.1.